The fourth-order valence-electron chi connectivity index (χ4n) is 2.20. The van der Waals surface area contributed by atoms with Crippen molar-refractivity contribution in [2.45, 2.75) is 26.9 Å². The first-order valence-corrected chi connectivity index (χ1v) is 7.76. The number of nitrogens with one attached hydrogen (secondary N) is 1. The van der Waals surface area contributed by atoms with Gasteiger partial charge in [0.1, 0.15) is 18.1 Å². The summed E-state index contributed by atoms with van der Waals surface area (Å²) in [4.78, 5) is 12.0. The van der Waals surface area contributed by atoms with E-state index in [9.17, 15) is 4.79 Å². The van der Waals surface area contributed by atoms with Gasteiger partial charge in [0.05, 0.1) is 6.54 Å². The summed E-state index contributed by atoms with van der Waals surface area (Å²) in [6.45, 7) is 6.65. The lowest BCUT2D eigenvalue weighted by molar-refractivity contribution is -0.127. The van der Waals surface area contributed by atoms with E-state index in [1.165, 1.54) is 5.56 Å². The van der Waals surface area contributed by atoms with E-state index in [4.69, 9.17) is 9.47 Å². The monoisotopic (exact) mass is 313 g/mol. The van der Waals surface area contributed by atoms with Crippen LogP contribution < -0.4 is 14.8 Å². The Kier molecular flexibility index (Phi) is 6.03. The lowest BCUT2D eigenvalue weighted by Crippen LogP contribution is -2.38. The van der Waals surface area contributed by atoms with E-state index in [2.05, 4.69) is 11.4 Å². The smallest absolute Gasteiger partial charge is 0.260 e. The number of hydrogen-bond donors (Lipinski definition) is 1. The first kappa shape index (κ1) is 16.9. The van der Waals surface area contributed by atoms with Gasteiger partial charge in [-0.2, -0.15) is 0 Å². The molecule has 0 heterocycles. The largest absolute Gasteiger partial charge is 0.491 e. The van der Waals surface area contributed by atoms with Gasteiger partial charge >= 0.3 is 0 Å². The van der Waals surface area contributed by atoms with E-state index in [-0.39, 0.29) is 5.91 Å². The second kappa shape index (κ2) is 8.22. The van der Waals surface area contributed by atoms with Crippen molar-refractivity contribution >= 4 is 5.91 Å². The van der Waals surface area contributed by atoms with Gasteiger partial charge < -0.3 is 14.8 Å². The van der Waals surface area contributed by atoms with Crippen molar-refractivity contribution in [1.29, 1.82) is 0 Å². The molecule has 1 atom stereocenters. The van der Waals surface area contributed by atoms with Crippen LogP contribution in [0.1, 0.15) is 18.1 Å². The molecule has 0 bridgehead atoms. The van der Waals surface area contributed by atoms with Crippen molar-refractivity contribution < 1.29 is 14.3 Å². The molecule has 0 aliphatic carbocycles. The van der Waals surface area contributed by atoms with Crippen molar-refractivity contribution in [1.82, 2.24) is 5.32 Å². The minimum atomic E-state index is -0.543. The number of amides is 1. The topological polar surface area (TPSA) is 47.6 Å². The Labute approximate surface area is 137 Å². The van der Waals surface area contributed by atoms with Crippen molar-refractivity contribution in [3.05, 3.63) is 59.7 Å². The standard InChI is InChI=1S/C19H23NO3/c1-14-9-10-18(15(2)13-14)22-12-11-20-19(21)16(3)23-17-7-5-4-6-8-17/h4-10,13,16H,11-12H2,1-3H3,(H,20,21)/t16-/m0/s1. The zero-order valence-corrected chi connectivity index (χ0v) is 13.8. The molecule has 0 saturated heterocycles. The van der Waals surface area contributed by atoms with Crippen molar-refractivity contribution in [2.24, 2.45) is 0 Å². The van der Waals surface area contributed by atoms with Gasteiger partial charge in [0.2, 0.25) is 0 Å². The maximum Gasteiger partial charge on any atom is 0.260 e. The Morgan fingerprint density at radius 1 is 1.13 bits per heavy atom. The summed E-state index contributed by atoms with van der Waals surface area (Å²) in [5.41, 5.74) is 2.30. The number of aryl methyl sites for hydroxylation is 2. The molecule has 0 spiro atoms. The average molecular weight is 313 g/mol. The summed E-state index contributed by atoms with van der Waals surface area (Å²) in [5.74, 6) is 1.37. The molecule has 0 aromatic heterocycles. The molecule has 4 nitrogen and oxygen atoms in total. The molecule has 2 rings (SSSR count). The molecule has 122 valence electrons. The maximum atomic E-state index is 12.0. The van der Waals surface area contributed by atoms with Crippen LogP contribution in [0.3, 0.4) is 0 Å². The summed E-state index contributed by atoms with van der Waals surface area (Å²) in [6.07, 6.45) is -0.543. The molecular formula is C19H23NO3. The Hall–Kier alpha value is -2.49. The molecule has 23 heavy (non-hydrogen) atoms. The normalized spacial score (nSPS) is 11.6. The number of rotatable bonds is 7. The van der Waals surface area contributed by atoms with Crippen LogP contribution >= 0.6 is 0 Å². The summed E-state index contributed by atoms with van der Waals surface area (Å²) in [7, 11) is 0. The minimum absolute atomic E-state index is 0.155. The van der Waals surface area contributed by atoms with Crippen LogP contribution in [0.15, 0.2) is 48.5 Å². The minimum Gasteiger partial charge on any atom is -0.491 e. The third-order valence-corrected chi connectivity index (χ3v) is 3.41. The van der Waals surface area contributed by atoms with Crippen LogP contribution in [0, 0.1) is 13.8 Å². The second-order valence-electron chi connectivity index (χ2n) is 5.48. The van der Waals surface area contributed by atoms with Crippen LogP contribution in [-0.2, 0) is 4.79 Å². The van der Waals surface area contributed by atoms with Crippen LogP contribution in [-0.4, -0.2) is 25.2 Å². The van der Waals surface area contributed by atoms with E-state index in [1.807, 2.05) is 56.3 Å². The maximum absolute atomic E-state index is 12.0. The van der Waals surface area contributed by atoms with Crippen LogP contribution in [0.5, 0.6) is 11.5 Å². The molecule has 0 aliphatic heterocycles. The number of hydrogen-bond acceptors (Lipinski definition) is 3. The molecular weight excluding hydrogens is 290 g/mol. The van der Waals surface area contributed by atoms with Gasteiger partial charge in [0.15, 0.2) is 6.10 Å². The Balaban J connectivity index is 1.72. The Morgan fingerprint density at radius 2 is 1.87 bits per heavy atom. The van der Waals surface area contributed by atoms with E-state index in [0.717, 1.165) is 11.3 Å². The van der Waals surface area contributed by atoms with Crippen LogP contribution in [0.2, 0.25) is 0 Å². The first-order chi connectivity index (χ1) is 11.1. The van der Waals surface area contributed by atoms with E-state index in [1.54, 1.807) is 6.92 Å². The van der Waals surface area contributed by atoms with Gasteiger partial charge in [-0.15, -0.1) is 0 Å². The summed E-state index contributed by atoms with van der Waals surface area (Å²) in [6, 6.07) is 15.3. The number of carbonyl (C=O) groups excluding carboxylic acids is 1. The highest BCUT2D eigenvalue weighted by atomic mass is 16.5. The van der Waals surface area contributed by atoms with Gasteiger partial charge in [-0.1, -0.05) is 35.9 Å². The Morgan fingerprint density at radius 3 is 2.57 bits per heavy atom. The molecule has 4 heteroatoms. The third-order valence-electron chi connectivity index (χ3n) is 3.41. The molecule has 0 aliphatic rings. The summed E-state index contributed by atoms with van der Waals surface area (Å²) < 4.78 is 11.3. The van der Waals surface area contributed by atoms with E-state index >= 15 is 0 Å². The van der Waals surface area contributed by atoms with Crippen LogP contribution in [0.25, 0.3) is 0 Å². The molecule has 0 radical (unpaired) electrons. The van der Waals surface area contributed by atoms with Gasteiger partial charge in [-0.25, -0.2) is 0 Å². The Bertz CT molecular complexity index is 640. The molecule has 0 saturated carbocycles. The lowest BCUT2D eigenvalue weighted by atomic mass is 10.1. The summed E-state index contributed by atoms with van der Waals surface area (Å²) >= 11 is 0. The molecule has 2 aromatic rings. The number of ether oxygens (including phenoxy) is 2. The zero-order chi connectivity index (χ0) is 16.7. The highest BCUT2D eigenvalue weighted by Gasteiger charge is 2.13. The molecule has 1 N–H and O–H groups in total. The molecule has 1 amide bonds. The molecule has 0 fully saturated rings. The zero-order valence-electron chi connectivity index (χ0n) is 13.8. The predicted octanol–water partition coefficient (Wildman–Crippen LogP) is 3.27. The number of benzene rings is 2. The quantitative estimate of drug-likeness (QED) is 0.798. The molecule has 0 unspecified atom stereocenters. The van der Waals surface area contributed by atoms with Gasteiger partial charge in [0, 0.05) is 0 Å². The lowest BCUT2D eigenvalue weighted by Gasteiger charge is -2.15. The molecule has 2 aromatic carbocycles. The fraction of sp³-hybridized carbons (Fsp3) is 0.316. The number of para-hydroxylation sites is 1. The van der Waals surface area contributed by atoms with E-state index in [0.29, 0.717) is 18.9 Å². The second-order valence-corrected chi connectivity index (χ2v) is 5.48. The van der Waals surface area contributed by atoms with Gasteiger partial charge in [-0.05, 0) is 44.5 Å². The third kappa shape index (κ3) is 5.33. The first-order valence-electron chi connectivity index (χ1n) is 7.76. The summed E-state index contributed by atoms with van der Waals surface area (Å²) in [5, 5.41) is 2.81. The van der Waals surface area contributed by atoms with Crippen LogP contribution in [0.4, 0.5) is 0 Å². The van der Waals surface area contributed by atoms with Gasteiger partial charge in [-0.3, -0.25) is 4.79 Å². The highest BCUT2D eigenvalue weighted by Crippen LogP contribution is 2.18. The van der Waals surface area contributed by atoms with Crippen molar-refractivity contribution in [3.8, 4) is 11.5 Å². The predicted molar refractivity (Wildman–Crippen MR) is 91.0 cm³/mol. The average Bonchev–Trinajstić information content (AvgIpc) is 2.54. The van der Waals surface area contributed by atoms with E-state index < -0.39 is 6.10 Å². The fourth-order valence-corrected chi connectivity index (χ4v) is 2.20. The van der Waals surface area contributed by atoms with Crippen molar-refractivity contribution in [2.75, 3.05) is 13.2 Å². The van der Waals surface area contributed by atoms with Gasteiger partial charge in [0.25, 0.3) is 5.91 Å². The highest BCUT2D eigenvalue weighted by molar-refractivity contribution is 5.80. The number of carbonyl (C=O) groups is 1. The van der Waals surface area contributed by atoms with Crippen molar-refractivity contribution in [3.63, 3.8) is 0 Å². The SMILES string of the molecule is Cc1ccc(OCCNC(=O)[C@H](C)Oc2ccccc2)c(C)c1.